The van der Waals surface area contributed by atoms with Crippen LogP contribution in [0.3, 0.4) is 0 Å². The molecule has 0 radical (unpaired) electrons. The molecule has 3 N–H and O–H groups in total. The molecule has 0 unspecified atom stereocenters. The molecule has 1 aromatic carbocycles. The van der Waals surface area contributed by atoms with Gasteiger partial charge in [0.2, 0.25) is 0 Å². The van der Waals surface area contributed by atoms with E-state index >= 15 is 0 Å². The number of benzene rings is 1. The molecule has 1 heterocycles. The van der Waals surface area contributed by atoms with Gasteiger partial charge < -0.3 is 20.4 Å². The highest BCUT2D eigenvalue weighted by atomic mass is 16.5. The number of aromatic amines is 1. The van der Waals surface area contributed by atoms with Crippen molar-refractivity contribution in [2.24, 2.45) is 0 Å². The summed E-state index contributed by atoms with van der Waals surface area (Å²) >= 11 is 0. The molecule has 0 saturated heterocycles. The fourth-order valence-corrected chi connectivity index (χ4v) is 1.71. The lowest BCUT2D eigenvalue weighted by molar-refractivity contribution is 0.414. The molecule has 0 fully saturated rings. The summed E-state index contributed by atoms with van der Waals surface area (Å²) in [6, 6.07) is 9.04. The second-order valence-corrected chi connectivity index (χ2v) is 3.98. The summed E-state index contributed by atoms with van der Waals surface area (Å²) < 4.78 is 5.09. The van der Waals surface area contributed by atoms with Crippen molar-refractivity contribution in [1.29, 1.82) is 5.41 Å². The first-order valence-corrected chi connectivity index (χ1v) is 5.83. The van der Waals surface area contributed by atoms with Crippen LogP contribution >= 0.6 is 0 Å². The number of methoxy groups -OCH3 is 1. The van der Waals surface area contributed by atoms with Crippen molar-refractivity contribution in [3.8, 4) is 5.75 Å². The molecular weight excluding hydrogens is 242 g/mol. The number of pyridine rings is 1. The number of ether oxygens (including phenoxy) is 1. The second-order valence-electron chi connectivity index (χ2n) is 3.98. The minimum absolute atomic E-state index is 0.175. The van der Waals surface area contributed by atoms with E-state index in [0.29, 0.717) is 17.9 Å². The van der Waals surface area contributed by atoms with Crippen molar-refractivity contribution in [1.82, 2.24) is 4.98 Å². The van der Waals surface area contributed by atoms with Gasteiger partial charge in [0.05, 0.1) is 12.7 Å². The maximum Gasteiger partial charge on any atom is 0.192 e. The highest BCUT2D eigenvalue weighted by Crippen LogP contribution is 2.13. The molecule has 0 amide bonds. The molecule has 0 bridgehead atoms. The fraction of sp³-hybridized carbons (Fsp3) is 0.143. The Morgan fingerprint density at radius 2 is 2.05 bits per heavy atom. The van der Waals surface area contributed by atoms with Crippen LogP contribution in [0.25, 0.3) is 0 Å². The average molecular weight is 257 g/mol. The Morgan fingerprint density at radius 1 is 1.32 bits per heavy atom. The van der Waals surface area contributed by atoms with Crippen LogP contribution in [0.5, 0.6) is 5.75 Å². The third kappa shape index (κ3) is 3.01. The van der Waals surface area contributed by atoms with E-state index in [4.69, 9.17) is 10.1 Å². The lowest BCUT2D eigenvalue weighted by atomic mass is 10.2. The maximum absolute atomic E-state index is 11.5. The third-order valence-electron chi connectivity index (χ3n) is 2.77. The fourth-order valence-electron chi connectivity index (χ4n) is 1.71. The molecule has 0 saturated carbocycles. The van der Waals surface area contributed by atoms with Crippen molar-refractivity contribution < 1.29 is 4.74 Å². The quantitative estimate of drug-likeness (QED) is 0.717. The minimum Gasteiger partial charge on any atom is -0.497 e. The zero-order chi connectivity index (χ0) is 13.7. The Kier molecular flexibility index (Phi) is 3.97. The van der Waals surface area contributed by atoms with Crippen LogP contribution < -0.4 is 15.5 Å². The van der Waals surface area contributed by atoms with E-state index in [2.05, 4.69) is 10.3 Å². The average Bonchev–Trinajstić information content (AvgIpc) is 2.45. The number of H-pyrrole nitrogens is 1. The van der Waals surface area contributed by atoms with E-state index in [-0.39, 0.29) is 5.43 Å². The molecule has 0 aliphatic carbocycles. The van der Waals surface area contributed by atoms with E-state index in [9.17, 15) is 4.79 Å². The van der Waals surface area contributed by atoms with Crippen molar-refractivity contribution >= 4 is 12.0 Å². The van der Waals surface area contributed by atoms with Crippen LogP contribution in [0.15, 0.2) is 41.3 Å². The Balaban J connectivity index is 2.12. The van der Waals surface area contributed by atoms with Gasteiger partial charge in [0.25, 0.3) is 0 Å². The van der Waals surface area contributed by atoms with Crippen molar-refractivity contribution in [2.75, 3.05) is 12.4 Å². The van der Waals surface area contributed by atoms with Crippen molar-refractivity contribution in [2.45, 2.75) is 6.54 Å². The Hall–Kier alpha value is -2.56. The van der Waals surface area contributed by atoms with Gasteiger partial charge in [0.15, 0.2) is 5.43 Å². The first-order chi connectivity index (χ1) is 9.24. The van der Waals surface area contributed by atoms with Gasteiger partial charge in [-0.15, -0.1) is 0 Å². The highest BCUT2D eigenvalue weighted by molar-refractivity contribution is 5.83. The smallest absolute Gasteiger partial charge is 0.192 e. The predicted octanol–water partition coefficient (Wildman–Crippen LogP) is 1.99. The number of aromatic nitrogens is 1. The summed E-state index contributed by atoms with van der Waals surface area (Å²) in [5.41, 5.74) is 1.21. The molecule has 0 aliphatic heterocycles. The molecule has 0 atom stereocenters. The van der Waals surface area contributed by atoms with Gasteiger partial charge in [-0.05, 0) is 17.7 Å². The molecule has 1 aromatic heterocycles. The normalized spacial score (nSPS) is 9.95. The van der Waals surface area contributed by atoms with Crippen LogP contribution in [0.1, 0.15) is 11.1 Å². The first kappa shape index (κ1) is 12.9. The van der Waals surface area contributed by atoms with Crippen LogP contribution in [-0.4, -0.2) is 18.3 Å². The Labute approximate surface area is 110 Å². The summed E-state index contributed by atoms with van der Waals surface area (Å²) in [6.07, 6.45) is 2.61. The molecule has 19 heavy (non-hydrogen) atoms. The molecule has 0 aliphatic rings. The standard InChI is InChI=1S/C14H15N3O2/c1-19-11-4-2-10(3-5-11)9-17-14-12(8-15)13(18)6-7-16-14/h2-8,15H,9H2,1H3,(H2,16,17,18). The van der Waals surface area contributed by atoms with E-state index in [1.54, 1.807) is 13.3 Å². The topological polar surface area (TPSA) is 78.0 Å². The monoisotopic (exact) mass is 257 g/mol. The van der Waals surface area contributed by atoms with E-state index < -0.39 is 0 Å². The molecule has 2 rings (SSSR count). The van der Waals surface area contributed by atoms with Gasteiger partial charge in [-0.25, -0.2) is 0 Å². The van der Waals surface area contributed by atoms with Gasteiger partial charge >= 0.3 is 0 Å². The number of anilines is 1. The Morgan fingerprint density at radius 3 is 2.68 bits per heavy atom. The van der Waals surface area contributed by atoms with Gasteiger partial charge in [-0.2, -0.15) is 0 Å². The zero-order valence-corrected chi connectivity index (χ0v) is 10.6. The van der Waals surface area contributed by atoms with Crippen LogP contribution in [0.2, 0.25) is 0 Å². The SMILES string of the molecule is COc1ccc(CNc2[nH]ccc(=O)c2C=N)cc1. The first-order valence-electron chi connectivity index (χ1n) is 5.83. The highest BCUT2D eigenvalue weighted by Gasteiger charge is 2.03. The predicted molar refractivity (Wildman–Crippen MR) is 75.3 cm³/mol. The summed E-state index contributed by atoms with van der Waals surface area (Å²) in [7, 11) is 1.62. The molecule has 98 valence electrons. The Bertz CT molecular complexity index is 617. The molecule has 5 nitrogen and oxygen atoms in total. The van der Waals surface area contributed by atoms with Gasteiger partial charge in [-0.3, -0.25) is 4.79 Å². The van der Waals surface area contributed by atoms with E-state index in [1.807, 2.05) is 24.3 Å². The summed E-state index contributed by atoms with van der Waals surface area (Å²) in [5.74, 6) is 1.36. The lowest BCUT2D eigenvalue weighted by Gasteiger charge is -2.09. The molecule has 2 aromatic rings. The van der Waals surface area contributed by atoms with Gasteiger partial charge in [-0.1, -0.05) is 12.1 Å². The second kappa shape index (κ2) is 5.86. The van der Waals surface area contributed by atoms with Gasteiger partial charge in [0.1, 0.15) is 11.6 Å². The van der Waals surface area contributed by atoms with E-state index in [1.165, 1.54) is 6.07 Å². The number of hydrogen-bond acceptors (Lipinski definition) is 4. The summed E-state index contributed by atoms with van der Waals surface area (Å²) in [6.45, 7) is 0.560. The molecule has 5 heteroatoms. The van der Waals surface area contributed by atoms with Crippen molar-refractivity contribution in [3.63, 3.8) is 0 Å². The summed E-state index contributed by atoms with van der Waals surface area (Å²) in [4.78, 5) is 14.5. The number of hydrogen-bond donors (Lipinski definition) is 3. The molecule has 0 spiro atoms. The third-order valence-corrected chi connectivity index (χ3v) is 2.77. The summed E-state index contributed by atoms with van der Waals surface area (Å²) in [5, 5.41) is 10.4. The van der Waals surface area contributed by atoms with Crippen LogP contribution in [0, 0.1) is 5.41 Å². The maximum atomic E-state index is 11.5. The zero-order valence-electron chi connectivity index (χ0n) is 10.6. The number of nitrogens with one attached hydrogen (secondary N) is 3. The van der Waals surface area contributed by atoms with E-state index in [0.717, 1.165) is 17.5 Å². The largest absolute Gasteiger partial charge is 0.497 e. The van der Waals surface area contributed by atoms with Crippen LogP contribution in [0.4, 0.5) is 5.82 Å². The lowest BCUT2D eigenvalue weighted by Crippen LogP contribution is -2.13. The minimum atomic E-state index is -0.175. The van der Waals surface area contributed by atoms with Crippen molar-refractivity contribution in [3.05, 3.63) is 57.9 Å². The van der Waals surface area contributed by atoms with Gasteiger partial charge in [0, 0.05) is 25.0 Å². The van der Waals surface area contributed by atoms with Crippen LogP contribution in [-0.2, 0) is 6.54 Å². The number of rotatable bonds is 5. The molecular formula is C14H15N3O2.